The summed E-state index contributed by atoms with van der Waals surface area (Å²) in [6.07, 6.45) is 2.90. The van der Waals surface area contributed by atoms with Crippen molar-refractivity contribution >= 4 is 64.6 Å². The van der Waals surface area contributed by atoms with E-state index < -0.39 is 0 Å². The second-order valence-electron chi connectivity index (χ2n) is 4.92. The number of rotatable bonds is 7. The molecule has 0 spiro atoms. The van der Waals surface area contributed by atoms with Crippen LogP contribution in [0, 0.1) is 0 Å². The van der Waals surface area contributed by atoms with E-state index in [-0.39, 0.29) is 30.0 Å². The second kappa shape index (κ2) is 11.9. The van der Waals surface area contributed by atoms with Crippen LogP contribution in [0.1, 0.15) is 24.9 Å². The summed E-state index contributed by atoms with van der Waals surface area (Å²) in [4.78, 5) is 8.53. The molecule has 1 aromatic heterocycles. The molecule has 0 bridgehead atoms. The predicted octanol–water partition coefficient (Wildman–Crippen LogP) is 4.82. The summed E-state index contributed by atoms with van der Waals surface area (Å²) >= 11 is 9.40. The molecule has 0 radical (unpaired) electrons. The quantitative estimate of drug-likeness (QED) is 0.190. The number of aliphatic imine (C=N–C) groups is 1. The molecule has 2 N–H and O–H groups in total. The third kappa shape index (κ3) is 7.58. The van der Waals surface area contributed by atoms with Crippen molar-refractivity contribution in [1.82, 2.24) is 15.6 Å². The molecular weight excluding hydrogens is 475 g/mol. The Labute approximate surface area is 173 Å². The van der Waals surface area contributed by atoms with Gasteiger partial charge >= 0.3 is 0 Å². The molecule has 0 fully saturated rings. The van der Waals surface area contributed by atoms with E-state index in [9.17, 15) is 0 Å². The highest BCUT2D eigenvalue weighted by Gasteiger charge is 2.07. The van der Waals surface area contributed by atoms with E-state index in [1.54, 1.807) is 30.1 Å². The number of nitrogens with one attached hydrogen (secondary N) is 2. The number of halogens is 2. The Kier molecular flexibility index (Phi) is 10.7. The van der Waals surface area contributed by atoms with E-state index in [4.69, 9.17) is 11.6 Å². The van der Waals surface area contributed by atoms with Crippen molar-refractivity contribution in [2.24, 2.45) is 4.99 Å². The topological polar surface area (TPSA) is 49.3 Å². The van der Waals surface area contributed by atoms with Crippen LogP contribution in [0.5, 0.6) is 0 Å². The molecule has 2 aromatic rings. The maximum Gasteiger partial charge on any atom is 0.191 e. The lowest BCUT2D eigenvalue weighted by molar-refractivity contribution is 0.682. The molecule has 1 aromatic carbocycles. The van der Waals surface area contributed by atoms with Gasteiger partial charge in [0.2, 0.25) is 0 Å². The van der Waals surface area contributed by atoms with E-state index in [1.807, 2.05) is 35.8 Å². The lowest BCUT2D eigenvalue weighted by Crippen LogP contribution is -2.39. The van der Waals surface area contributed by atoms with Crippen LogP contribution in [0.15, 0.2) is 45.2 Å². The molecule has 0 saturated carbocycles. The number of aromatic nitrogens is 1. The minimum atomic E-state index is 0. The zero-order valence-corrected chi connectivity index (χ0v) is 18.4. The number of hydrogen-bond donors (Lipinski definition) is 2. The summed E-state index contributed by atoms with van der Waals surface area (Å²) in [5, 5.41) is 9.49. The molecule has 0 aliphatic heterocycles. The van der Waals surface area contributed by atoms with E-state index in [2.05, 4.69) is 27.5 Å². The Morgan fingerprint density at radius 2 is 2.12 bits per heavy atom. The first kappa shape index (κ1) is 21.5. The summed E-state index contributed by atoms with van der Waals surface area (Å²) in [6.45, 7) is 2.99. The number of thiazole rings is 1. The lowest BCUT2D eigenvalue weighted by atomic mass is 10.1. The average Bonchev–Trinajstić information content (AvgIpc) is 3.07. The standard InChI is InChI=1S/C16H21ClN4S2.HI/c1-12(13-4-6-14(17)7-5-13)21-15(18-2)19-8-3-10-22-16-20-9-11-23-16;/h4-7,9,11-12H,3,8,10H2,1-2H3,(H2,18,19,21);1H. The third-order valence-corrected chi connectivity index (χ3v) is 5.50. The fraction of sp³-hybridized carbons (Fsp3) is 0.375. The van der Waals surface area contributed by atoms with Crippen molar-refractivity contribution in [1.29, 1.82) is 0 Å². The minimum absolute atomic E-state index is 0. The van der Waals surface area contributed by atoms with Crippen LogP contribution >= 0.6 is 58.7 Å². The third-order valence-electron chi connectivity index (χ3n) is 3.20. The van der Waals surface area contributed by atoms with Gasteiger partial charge in [0.25, 0.3) is 0 Å². The largest absolute Gasteiger partial charge is 0.356 e. The summed E-state index contributed by atoms with van der Waals surface area (Å²) in [5.74, 6) is 1.86. The monoisotopic (exact) mass is 496 g/mol. The molecule has 0 aliphatic carbocycles. The summed E-state index contributed by atoms with van der Waals surface area (Å²) in [6, 6.07) is 8.03. The van der Waals surface area contributed by atoms with Gasteiger partial charge in [-0.1, -0.05) is 35.5 Å². The van der Waals surface area contributed by atoms with Gasteiger partial charge in [0.1, 0.15) is 4.34 Å². The van der Waals surface area contributed by atoms with Crippen molar-refractivity contribution in [3.05, 3.63) is 46.4 Å². The molecule has 24 heavy (non-hydrogen) atoms. The Bertz CT molecular complexity index is 605. The normalized spacial score (nSPS) is 12.4. The molecule has 1 atom stereocenters. The highest BCUT2D eigenvalue weighted by atomic mass is 127. The fourth-order valence-electron chi connectivity index (χ4n) is 1.95. The van der Waals surface area contributed by atoms with Crippen molar-refractivity contribution in [3.63, 3.8) is 0 Å². The number of thioether (sulfide) groups is 1. The van der Waals surface area contributed by atoms with E-state index in [1.165, 1.54) is 5.56 Å². The SMILES string of the molecule is CN=C(NCCCSc1nccs1)NC(C)c1ccc(Cl)cc1.I. The van der Waals surface area contributed by atoms with Crippen LogP contribution in [0.25, 0.3) is 0 Å². The molecule has 0 amide bonds. The van der Waals surface area contributed by atoms with Crippen LogP contribution in [-0.4, -0.2) is 30.3 Å². The highest BCUT2D eigenvalue weighted by Crippen LogP contribution is 2.20. The zero-order chi connectivity index (χ0) is 16.5. The van der Waals surface area contributed by atoms with Gasteiger partial charge in [0.05, 0.1) is 6.04 Å². The van der Waals surface area contributed by atoms with Gasteiger partial charge in [0.15, 0.2) is 5.96 Å². The first-order valence-electron chi connectivity index (χ1n) is 7.44. The molecule has 1 unspecified atom stereocenters. The van der Waals surface area contributed by atoms with Crippen LogP contribution in [-0.2, 0) is 0 Å². The molecule has 4 nitrogen and oxygen atoms in total. The van der Waals surface area contributed by atoms with Gasteiger partial charge in [-0.05, 0) is 31.0 Å². The Morgan fingerprint density at radius 3 is 2.75 bits per heavy atom. The summed E-state index contributed by atoms with van der Waals surface area (Å²) in [5.41, 5.74) is 1.18. The Morgan fingerprint density at radius 1 is 1.38 bits per heavy atom. The molecule has 0 aliphatic rings. The maximum absolute atomic E-state index is 5.92. The van der Waals surface area contributed by atoms with Crippen LogP contribution in [0.3, 0.4) is 0 Å². The second-order valence-corrected chi connectivity index (χ2v) is 7.59. The number of benzene rings is 1. The molecule has 2 rings (SSSR count). The van der Waals surface area contributed by atoms with Crippen LogP contribution < -0.4 is 10.6 Å². The fourth-order valence-corrected chi connectivity index (χ4v) is 3.73. The molecular formula is C16H22ClIN4S2. The number of nitrogens with zero attached hydrogens (tertiary/aromatic N) is 2. The molecule has 0 saturated heterocycles. The Balaban J connectivity index is 0.00000288. The molecule has 1 heterocycles. The van der Waals surface area contributed by atoms with Gasteiger partial charge in [0, 0.05) is 35.9 Å². The van der Waals surface area contributed by atoms with Crippen molar-refractivity contribution in [2.45, 2.75) is 23.7 Å². The maximum atomic E-state index is 5.92. The van der Waals surface area contributed by atoms with Crippen LogP contribution in [0.4, 0.5) is 0 Å². The molecule has 8 heteroatoms. The van der Waals surface area contributed by atoms with E-state index >= 15 is 0 Å². The number of guanidine groups is 1. The van der Waals surface area contributed by atoms with Gasteiger partial charge < -0.3 is 10.6 Å². The Hall–Kier alpha value is -0.510. The smallest absolute Gasteiger partial charge is 0.191 e. The van der Waals surface area contributed by atoms with Gasteiger partial charge in [-0.15, -0.1) is 35.3 Å². The van der Waals surface area contributed by atoms with Gasteiger partial charge in [-0.3, -0.25) is 4.99 Å². The minimum Gasteiger partial charge on any atom is -0.356 e. The first-order chi connectivity index (χ1) is 11.2. The first-order valence-corrected chi connectivity index (χ1v) is 9.68. The highest BCUT2D eigenvalue weighted by molar-refractivity contribution is 14.0. The van der Waals surface area contributed by atoms with E-state index in [0.717, 1.165) is 34.0 Å². The van der Waals surface area contributed by atoms with Crippen molar-refractivity contribution in [2.75, 3.05) is 19.3 Å². The van der Waals surface area contributed by atoms with E-state index in [0.29, 0.717) is 0 Å². The molecule has 132 valence electrons. The van der Waals surface area contributed by atoms with Gasteiger partial charge in [-0.25, -0.2) is 4.98 Å². The predicted molar refractivity (Wildman–Crippen MR) is 117 cm³/mol. The van der Waals surface area contributed by atoms with Crippen LogP contribution in [0.2, 0.25) is 5.02 Å². The van der Waals surface area contributed by atoms with Crippen molar-refractivity contribution < 1.29 is 0 Å². The lowest BCUT2D eigenvalue weighted by Gasteiger charge is -2.18. The summed E-state index contributed by atoms with van der Waals surface area (Å²) < 4.78 is 1.13. The zero-order valence-electron chi connectivity index (χ0n) is 13.7. The number of hydrogen-bond acceptors (Lipinski definition) is 4. The van der Waals surface area contributed by atoms with Crippen molar-refractivity contribution in [3.8, 4) is 0 Å². The van der Waals surface area contributed by atoms with Gasteiger partial charge in [-0.2, -0.15) is 0 Å². The summed E-state index contributed by atoms with van der Waals surface area (Å²) in [7, 11) is 1.79. The average molecular weight is 497 g/mol.